The zero-order valence-electron chi connectivity index (χ0n) is 14.6. The molecule has 0 bridgehead atoms. The number of sulfonamides is 1. The summed E-state index contributed by atoms with van der Waals surface area (Å²) in [6.07, 6.45) is 1.44. The summed E-state index contributed by atoms with van der Waals surface area (Å²) in [5.41, 5.74) is 0.957. The van der Waals surface area contributed by atoms with E-state index < -0.39 is 10.0 Å². The Labute approximate surface area is 166 Å². The molecule has 4 aromatic rings. The number of oxazole rings is 1. The highest BCUT2D eigenvalue weighted by molar-refractivity contribution is 7.93. The summed E-state index contributed by atoms with van der Waals surface area (Å²) in [7, 11) is -2.63. The Morgan fingerprint density at radius 3 is 2.46 bits per heavy atom. The zero-order chi connectivity index (χ0) is 19.7. The normalized spacial score (nSPS) is 11.5. The maximum Gasteiger partial charge on any atom is 0.318 e. The number of anilines is 2. The Morgan fingerprint density at radius 2 is 1.79 bits per heavy atom. The highest BCUT2D eigenvalue weighted by Gasteiger charge is 2.33. The van der Waals surface area contributed by atoms with Crippen LogP contribution in [0.2, 0.25) is 5.02 Å². The second-order valence-electron chi connectivity index (χ2n) is 5.72. The molecule has 0 N–H and O–H groups in total. The number of aromatic nitrogens is 2. The van der Waals surface area contributed by atoms with Crippen molar-refractivity contribution in [2.45, 2.75) is 4.90 Å². The summed E-state index contributed by atoms with van der Waals surface area (Å²) in [6.45, 7) is 0. The molecule has 0 aliphatic carbocycles. The molecule has 0 spiro atoms. The fraction of sp³-hybridized carbons (Fsp3) is 0.0526. The van der Waals surface area contributed by atoms with Crippen LogP contribution >= 0.6 is 11.6 Å². The number of benzene rings is 2. The first kappa shape index (κ1) is 18.3. The van der Waals surface area contributed by atoms with Gasteiger partial charge in [0, 0.05) is 6.20 Å². The molecule has 0 unspecified atom stereocenters. The highest BCUT2D eigenvalue weighted by Crippen LogP contribution is 2.36. The second kappa shape index (κ2) is 7.14. The van der Waals surface area contributed by atoms with Gasteiger partial charge in [0.2, 0.25) is 0 Å². The minimum absolute atomic E-state index is 0.00783. The van der Waals surface area contributed by atoms with Crippen LogP contribution < -0.4 is 9.04 Å². The monoisotopic (exact) mass is 415 g/mol. The Kier molecular flexibility index (Phi) is 4.66. The van der Waals surface area contributed by atoms with Gasteiger partial charge in [-0.25, -0.2) is 13.4 Å². The third-order valence-corrected chi connectivity index (χ3v) is 5.96. The molecule has 2 heterocycles. The maximum absolute atomic E-state index is 13.4. The average Bonchev–Trinajstić information content (AvgIpc) is 3.13. The predicted octanol–water partition coefficient (Wildman–Crippen LogP) is 4.41. The molecule has 0 radical (unpaired) electrons. The Hall–Kier alpha value is -3.10. The Balaban J connectivity index is 1.93. The molecule has 0 fully saturated rings. The molecule has 0 aliphatic rings. The first-order chi connectivity index (χ1) is 13.5. The summed E-state index contributed by atoms with van der Waals surface area (Å²) in [6, 6.07) is 15.9. The zero-order valence-corrected chi connectivity index (χ0v) is 16.2. The molecule has 0 saturated heterocycles. The van der Waals surface area contributed by atoms with Crippen LogP contribution in [0.3, 0.4) is 0 Å². The molecule has 0 saturated carbocycles. The van der Waals surface area contributed by atoms with Crippen molar-refractivity contribution >= 4 is 44.6 Å². The molecule has 0 aliphatic heterocycles. The predicted molar refractivity (Wildman–Crippen MR) is 106 cm³/mol. The van der Waals surface area contributed by atoms with Gasteiger partial charge in [0.25, 0.3) is 10.0 Å². The molecular formula is C19H14ClN3O4S. The average molecular weight is 416 g/mol. The van der Waals surface area contributed by atoms with Crippen molar-refractivity contribution in [3.8, 4) is 5.75 Å². The first-order valence-electron chi connectivity index (χ1n) is 8.16. The summed E-state index contributed by atoms with van der Waals surface area (Å²) in [5.74, 6) is 0.523. The van der Waals surface area contributed by atoms with Crippen LogP contribution in [0.5, 0.6) is 5.75 Å². The van der Waals surface area contributed by atoms with Crippen LogP contribution in [0, 0.1) is 0 Å². The number of halogens is 1. The molecular weight excluding hydrogens is 402 g/mol. The van der Waals surface area contributed by atoms with E-state index in [9.17, 15) is 8.42 Å². The second-order valence-corrected chi connectivity index (χ2v) is 7.91. The lowest BCUT2D eigenvalue weighted by Crippen LogP contribution is -2.27. The lowest BCUT2D eigenvalue weighted by Gasteiger charge is -2.20. The summed E-state index contributed by atoms with van der Waals surface area (Å²) in [4.78, 5) is 8.46. The van der Waals surface area contributed by atoms with Crippen LogP contribution in [-0.2, 0) is 10.0 Å². The molecule has 2 aromatic carbocycles. The number of para-hydroxylation sites is 2. The van der Waals surface area contributed by atoms with E-state index in [-0.39, 0.29) is 21.8 Å². The maximum atomic E-state index is 13.4. The van der Waals surface area contributed by atoms with E-state index in [4.69, 9.17) is 20.8 Å². The van der Waals surface area contributed by atoms with Gasteiger partial charge in [0.05, 0.1) is 17.0 Å². The number of pyridine rings is 1. The number of rotatable bonds is 5. The van der Waals surface area contributed by atoms with E-state index in [1.807, 2.05) is 0 Å². The number of fused-ring (bicyclic) bond motifs is 1. The van der Waals surface area contributed by atoms with Gasteiger partial charge >= 0.3 is 6.01 Å². The lowest BCUT2D eigenvalue weighted by atomic mass is 10.3. The summed E-state index contributed by atoms with van der Waals surface area (Å²) >= 11 is 6.25. The fourth-order valence-electron chi connectivity index (χ4n) is 2.63. The number of nitrogens with zero attached hydrogens (tertiary/aromatic N) is 3. The van der Waals surface area contributed by atoms with E-state index >= 15 is 0 Å². The Morgan fingerprint density at radius 1 is 1.04 bits per heavy atom. The van der Waals surface area contributed by atoms with Crippen LogP contribution in [0.1, 0.15) is 0 Å². The molecule has 9 heteroatoms. The van der Waals surface area contributed by atoms with E-state index in [1.165, 1.54) is 25.4 Å². The molecule has 0 amide bonds. The van der Waals surface area contributed by atoms with Crippen molar-refractivity contribution in [2.75, 3.05) is 11.4 Å². The third kappa shape index (κ3) is 3.17. The minimum Gasteiger partial charge on any atom is -0.497 e. The van der Waals surface area contributed by atoms with Crippen molar-refractivity contribution < 1.29 is 17.6 Å². The third-order valence-electron chi connectivity index (χ3n) is 3.99. The van der Waals surface area contributed by atoms with Gasteiger partial charge in [-0.05, 0) is 48.5 Å². The highest BCUT2D eigenvalue weighted by atomic mass is 35.5. The smallest absolute Gasteiger partial charge is 0.318 e. The van der Waals surface area contributed by atoms with Gasteiger partial charge in [-0.3, -0.25) is 0 Å². The van der Waals surface area contributed by atoms with Gasteiger partial charge < -0.3 is 9.15 Å². The van der Waals surface area contributed by atoms with Crippen molar-refractivity contribution in [1.82, 2.24) is 9.97 Å². The van der Waals surface area contributed by atoms with Crippen molar-refractivity contribution in [3.05, 3.63) is 71.9 Å². The van der Waals surface area contributed by atoms with E-state index in [0.717, 1.165) is 4.31 Å². The van der Waals surface area contributed by atoms with E-state index in [1.54, 1.807) is 48.5 Å². The standard InChI is InChI=1S/C19H14ClN3O4S/c1-26-13-8-10-14(11-9-13)28(24,25)23(18-15(20)5-4-12-21-18)19-22-16-6-2-3-7-17(16)27-19/h2-12H,1H3. The van der Waals surface area contributed by atoms with Crippen LogP contribution in [0.25, 0.3) is 11.1 Å². The topological polar surface area (TPSA) is 85.5 Å². The van der Waals surface area contributed by atoms with Gasteiger partial charge in [-0.2, -0.15) is 9.29 Å². The quantitative estimate of drug-likeness (QED) is 0.480. The van der Waals surface area contributed by atoms with Gasteiger partial charge in [0.15, 0.2) is 11.4 Å². The summed E-state index contributed by atoms with van der Waals surface area (Å²) < 4.78 is 38.6. The first-order valence-corrected chi connectivity index (χ1v) is 9.98. The molecule has 4 rings (SSSR count). The van der Waals surface area contributed by atoms with Crippen LogP contribution in [0.15, 0.2) is 76.2 Å². The Bertz CT molecular complexity index is 1210. The van der Waals surface area contributed by atoms with Gasteiger partial charge in [0.1, 0.15) is 11.3 Å². The number of ether oxygens (including phenoxy) is 1. The van der Waals surface area contributed by atoms with Crippen molar-refractivity contribution in [1.29, 1.82) is 0 Å². The SMILES string of the molecule is COc1ccc(S(=O)(=O)N(c2nc3ccccc3o2)c2ncccc2Cl)cc1. The fourth-order valence-corrected chi connectivity index (χ4v) is 4.24. The van der Waals surface area contributed by atoms with E-state index in [2.05, 4.69) is 9.97 Å². The van der Waals surface area contributed by atoms with Crippen LogP contribution in [0.4, 0.5) is 11.8 Å². The van der Waals surface area contributed by atoms with Crippen molar-refractivity contribution in [3.63, 3.8) is 0 Å². The minimum atomic E-state index is -4.13. The number of methoxy groups -OCH3 is 1. The molecule has 0 atom stereocenters. The van der Waals surface area contributed by atoms with Crippen LogP contribution in [-0.4, -0.2) is 25.5 Å². The molecule has 2 aromatic heterocycles. The van der Waals surface area contributed by atoms with Crippen molar-refractivity contribution in [2.24, 2.45) is 0 Å². The molecule has 142 valence electrons. The largest absolute Gasteiger partial charge is 0.497 e. The number of hydrogen-bond donors (Lipinski definition) is 0. The number of hydrogen-bond acceptors (Lipinski definition) is 6. The van der Waals surface area contributed by atoms with Gasteiger partial charge in [-0.1, -0.05) is 23.7 Å². The van der Waals surface area contributed by atoms with Gasteiger partial charge in [-0.15, -0.1) is 0 Å². The molecule has 28 heavy (non-hydrogen) atoms. The van der Waals surface area contributed by atoms with E-state index in [0.29, 0.717) is 16.8 Å². The summed E-state index contributed by atoms with van der Waals surface area (Å²) in [5, 5.41) is 0.141. The lowest BCUT2D eigenvalue weighted by molar-refractivity contribution is 0.414. The molecule has 7 nitrogen and oxygen atoms in total.